The zero-order chi connectivity index (χ0) is 24.5. The second kappa shape index (κ2) is 8.97. The van der Waals surface area contributed by atoms with Crippen molar-refractivity contribution in [2.45, 2.75) is 63.6 Å². The minimum absolute atomic E-state index is 0.0879. The Labute approximate surface area is 198 Å². The summed E-state index contributed by atoms with van der Waals surface area (Å²) in [6.45, 7) is 5.36. The monoisotopic (exact) mass is 462 g/mol. The number of rotatable bonds is 8. The molecule has 7 heteroatoms. The Morgan fingerprint density at radius 1 is 1.12 bits per heavy atom. The normalized spacial score (nSPS) is 15.5. The first kappa shape index (κ1) is 23.5. The topological polar surface area (TPSA) is 99.7 Å². The molecule has 178 valence electrons. The van der Waals surface area contributed by atoms with Gasteiger partial charge in [0.05, 0.1) is 12.0 Å². The predicted octanol–water partition coefficient (Wildman–Crippen LogP) is 3.89. The number of nitrogens with one attached hydrogen (secondary N) is 1. The molecular formula is C27H30N2O5. The van der Waals surface area contributed by atoms with Crippen LogP contribution in [0, 0.1) is 0 Å². The zero-order valence-electron chi connectivity index (χ0n) is 19.7. The van der Waals surface area contributed by atoms with Gasteiger partial charge in [0.25, 0.3) is 0 Å². The molecule has 0 radical (unpaired) electrons. The number of aromatic nitrogens is 1. The summed E-state index contributed by atoms with van der Waals surface area (Å²) in [5, 5.41) is 11.1. The van der Waals surface area contributed by atoms with E-state index in [0.717, 1.165) is 27.6 Å². The number of H-pyrrole nitrogens is 1. The molecule has 3 aromatic rings. The number of esters is 1. The standard InChI is InChI=1S/C27H30N2O5/c1-26(2,3)34-24(31)15-27(13-18-8-4-5-9-19(18)14-27)29(17-30)23(25(32)33)12-20-16-28-22-11-7-6-10-21(20)22/h4-11,16-17,23,28H,12-15H2,1-3H3,(H,32,33)/t23-/m0/s1. The summed E-state index contributed by atoms with van der Waals surface area (Å²) in [6, 6.07) is 14.2. The molecule has 1 aromatic heterocycles. The lowest BCUT2D eigenvalue weighted by Crippen LogP contribution is -2.58. The number of carboxylic acids is 1. The number of benzene rings is 2. The Bertz CT molecular complexity index is 1200. The molecule has 4 rings (SSSR count). The number of carboxylic acid groups (broad SMARTS) is 1. The first-order chi connectivity index (χ1) is 16.1. The highest BCUT2D eigenvalue weighted by molar-refractivity contribution is 5.85. The molecule has 0 saturated heterocycles. The number of nitrogens with zero attached hydrogens (tertiary/aromatic N) is 1. The van der Waals surface area contributed by atoms with E-state index in [-0.39, 0.29) is 12.8 Å². The fourth-order valence-corrected chi connectivity index (χ4v) is 5.05. The van der Waals surface area contributed by atoms with Gasteiger partial charge in [0, 0.05) is 23.5 Å². The minimum Gasteiger partial charge on any atom is -0.480 e. The Morgan fingerprint density at radius 2 is 1.74 bits per heavy atom. The smallest absolute Gasteiger partial charge is 0.326 e. The van der Waals surface area contributed by atoms with Gasteiger partial charge in [-0.25, -0.2) is 4.79 Å². The first-order valence-electron chi connectivity index (χ1n) is 11.4. The molecule has 0 unspecified atom stereocenters. The number of carbonyl (C=O) groups excluding carboxylic acids is 2. The highest BCUT2D eigenvalue weighted by atomic mass is 16.6. The van der Waals surface area contributed by atoms with Gasteiger partial charge < -0.3 is 19.7 Å². The van der Waals surface area contributed by atoms with Crippen LogP contribution in [0.1, 0.15) is 43.9 Å². The highest BCUT2D eigenvalue weighted by Gasteiger charge is 2.48. The van der Waals surface area contributed by atoms with Crippen LogP contribution in [0.5, 0.6) is 0 Å². The van der Waals surface area contributed by atoms with E-state index >= 15 is 0 Å². The molecule has 1 atom stereocenters. The zero-order valence-corrected chi connectivity index (χ0v) is 19.7. The third kappa shape index (κ3) is 4.69. The van der Waals surface area contributed by atoms with Gasteiger partial charge in [-0.2, -0.15) is 0 Å². The molecule has 0 bridgehead atoms. The van der Waals surface area contributed by atoms with Gasteiger partial charge >= 0.3 is 11.9 Å². The molecule has 7 nitrogen and oxygen atoms in total. The Morgan fingerprint density at radius 3 is 2.32 bits per heavy atom. The number of amides is 1. The summed E-state index contributed by atoms with van der Waals surface area (Å²) < 4.78 is 5.59. The van der Waals surface area contributed by atoms with Crippen LogP contribution in [-0.2, 0) is 38.4 Å². The Hall–Kier alpha value is -3.61. The largest absolute Gasteiger partial charge is 0.480 e. The third-order valence-electron chi connectivity index (χ3n) is 6.42. The molecule has 0 fully saturated rings. The second-order valence-electron chi connectivity index (χ2n) is 10.0. The van der Waals surface area contributed by atoms with Gasteiger partial charge in [-0.05, 0) is 56.4 Å². The summed E-state index contributed by atoms with van der Waals surface area (Å²) in [7, 11) is 0. The highest BCUT2D eigenvalue weighted by Crippen LogP contribution is 2.39. The molecule has 2 N–H and O–H groups in total. The number of carbonyl (C=O) groups is 3. The lowest BCUT2D eigenvalue weighted by molar-refractivity contribution is -0.162. The van der Waals surface area contributed by atoms with Gasteiger partial charge in [-0.15, -0.1) is 0 Å². The van der Waals surface area contributed by atoms with Gasteiger partial charge in [0.2, 0.25) is 6.41 Å². The van der Waals surface area contributed by atoms with E-state index < -0.39 is 29.1 Å². The molecule has 0 spiro atoms. The molecule has 1 amide bonds. The summed E-state index contributed by atoms with van der Waals surface area (Å²) in [6.07, 6.45) is 3.18. The molecule has 34 heavy (non-hydrogen) atoms. The van der Waals surface area contributed by atoms with Crippen molar-refractivity contribution in [1.82, 2.24) is 9.88 Å². The maximum Gasteiger partial charge on any atom is 0.326 e. The summed E-state index contributed by atoms with van der Waals surface area (Å²) in [5.74, 6) is -1.57. The van der Waals surface area contributed by atoms with Crippen molar-refractivity contribution >= 4 is 29.3 Å². The van der Waals surface area contributed by atoms with Crippen molar-refractivity contribution in [2.75, 3.05) is 0 Å². The van der Waals surface area contributed by atoms with Gasteiger partial charge in [-0.1, -0.05) is 42.5 Å². The third-order valence-corrected chi connectivity index (χ3v) is 6.42. The molecule has 0 aliphatic heterocycles. The van der Waals surface area contributed by atoms with Crippen LogP contribution in [0.15, 0.2) is 54.7 Å². The number of aliphatic carboxylic acids is 1. The average Bonchev–Trinajstić information content (AvgIpc) is 3.33. The van der Waals surface area contributed by atoms with E-state index in [9.17, 15) is 19.5 Å². The maximum atomic E-state index is 13.0. The van der Waals surface area contributed by atoms with E-state index in [1.54, 1.807) is 27.0 Å². The summed E-state index contributed by atoms with van der Waals surface area (Å²) >= 11 is 0. The van der Waals surface area contributed by atoms with Crippen LogP contribution in [0.4, 0.5) is 0 Å². The number of fused-ring (bicyclic) bond motifs is 2. The van der Waals surface area contributed by atoms with Crippen LogP contribution in [0.3, 0.4) is 0 Å². The lowest BCUT2D eigenvalue weighted by atomic mass is 9.87. The lowest BCUT2D eigenvalue weighted by Gasteiger charge is -2.42. The van der Waals surface area contributed by atoms with Gasteiger partial charge in [0.1, 0.15) is 11.6 Å². The Kier molecular flexibility index (Phi) is 6.21. The quantitative estimate of drug-likeness (QED) is 0.391. The molecule has 1 heterocycles. The van der Waals surface area contributed by atoms with Gasteiger partial charge in [0.15, 0.2) is 0 Å². The number of aromatic amines is 1. The van der Waals surface area contributed by atoms with Crippen molar-refractivity contribution in [3.05, 3.63) is 71.4 Å². The maximum absolute atomic E-state index is 13.0. The van der Waals surface area contributed by atoms with E-state index in [1.807, 2.05) is 48.5 Å². The summed E-state index contributed by atoms with van der Waals surface area (Å²) in [4.78, 5) is 42.6. The molecular weight excluding hydrogens is 432 g/mol. The van der Waals surface area contributed by atoms with Gasteiger partial charge in [-0.3, -0.25) is 9.59 Å². The van der Waals surface area contributed by atoms with Crippen molar-refractivity contribution in [2.24, 2.45) is 0 Å². The second-order valence-corrected chi connectivity index (χ2v) is 10.0. The number of para-hydroxylation sites is 1. The molecule has 1 aliphatic carbocycles. The molecule has 2 aromatic carbocycles. The van der Waals surface area contributed by atoms with E-state index in [2.05, 4.69) is 4.98 Å². The van der Waals surface area contributed by atoms with E-state index in [4.69, 9.17) is 4.74 Å². The van der Waals surface area contributed by atoms with E-state index in [1.165, 1.54) is 4.90 Å². The summed E-state index contributed by atoms with van der Waals surface area (Å²) in [5.41, 5.74) is 2.01. The van der Waals surface area contributed by atoms with Crippen molar-refractivity contribution in [3.63, 3.8) is 0 Å². The molecule has 0 saturated carbocycles. The number of ether oxygens (including phenoxy) is 1. The van der Waals surface area contributed by atoms with Crippen molar-refractivity contribution in [1.29, 1.82) is 0 Å². The molecule has 1 aliphatic rings. The predicted molar refractivity (Wildman–Crippen MR) is 128 cm³/mol. The average molecular weight is 463 g/mol. The first-order valence-corrected chi connectivity index (χ1v) is 11.4. The SMILES string of the molecule is CC(C)(C)OC(=O)CC1(N(C=O)[C@@H](Cc2c[nH]c3ccccc23)C(=O)O)Cc2ccccc2C1. The fraction of sp³-hybridized carbons (Fsp3) is 0.370. The van der Waals surface area contributed by atoms with Crippen LogP contribution in [0.25, 0.3) is 10.9 Å². The van der Waals surface area contributed by atoms with Crippen molar-refractivity contribution < 1.29 is 24.2 Å². The van der Waals surface area contributed by atoms with Crippen LogP contribution < -0.4 is 0 Å². The minimum atomic E-state index is -1.14. The van der Waals surface area contributed by atoms with Crippen molar-refractivity contribution in [3.8, 4) is 0 Å². The number of hydrogen-bond donors (Lipinski definition) is 2. The Balaban J connectivity index is 1.72. The number of hydrogen-bond acceptors (Lipinski definition) is 4. The fourth-order valence-electron chi connectivity index (χ4n) is 5.05. The van der Waals surface area contributed by atoms with E-state index in [0.29, 0.717) is 19.3 Å². The van der Waals surface area contributed by atoms with Crippen LogP contribution in [-0.4, -0.2) is 50.5 Å². The van der Waals surface area contributed by atoms with Crippen LogP contribution >= 0.6 is 0 Å². The van der Waals surface area contributed by atoms with Crippen LogP contribution in [0.2, 0.25) is 0 Å².